The summed E-state index contributed by atoms with van der Waals surface area (Å²) < 4.78 is 32.0. The average Bonchev–Trinajstić information content (AvgIpc) is 3.22. The van der Waals surface area contributed by atoms with E-state index in [1.807, 2.05) is 6.92 Å². The van der Waals surface area contributed by atoms with E-state index >= 15 is 0 Å². The minimum atomic E-state index is -3.54. The summed E-state index contributed by atoms with van der Waals surface area (Å²) in [6.45, 7) is 3.04. The Bertz CT molecular complexity index is 552. The van der Waals surface area contributed by atoms with Crippen LogP contribution in [0.4, 0.5) is 0 Å². The normalized spacial score (nSPS) is 15.5. The van der Waals surface area contributed by atoms with Gasteiger partial charge in [0.25, 0.3) is 0 Å². The van der Waals surface area contributed by atoms with Crippen LogP contribution in [-0.2, 0) is 21.4 Å². The number of aliphatic hydroxyl groups is 1. The molecular weight excluding hydrogens is 278 g/mol. The maximum Gasteiger partial charge on any atom is 0.240 e. The van der Waals surface area contributed by atoms with Crippen molar-refractivity contribution >= 4 is 10.0 Å². The molecule has 0 radical (unpaired) electrons. The Morgan fingerprint density at radius 1 is 1.40 bits per heavy atom. The molecule has 1 aliphatic rings. The first-order valence-electron chi connectivity index (χ1n) is 6.81. The van der Waals surface area contributed by atoms with Gasteiger partial charge < -0.3 is 9.84 Å². The third kappa shape index (κ3) is 4.28. The largest absolute Gasteiger partial charge is 0.392 e. The molecule has 1 aromatic carbocycles. The van der Waals surface area contributed by atoms with Crippen LogP contribution in [0.5, 0.6) is 0 Å². The molecule has 112 valence electrons. The smallest absolute Gasteiger partial charge is 0.240 e. The Kier molecular flexibility index (Phi) is 5.15. The fourth-order valence-corrected chi connectivity index (χ4v) is 2.91. The third-order valence-electron chi connectivity index (χ3n) is 3.39. The van der Waals surface area contributed by atoms with E-state index in [2.05, 4.69) is 4.72 Å². The van der Waals surface area contributed by atoms with Crippen molar-refractivity contribution in [2.75, 3.05) is 19.8 Å². The SMILES string of the molecule is Cc1ccc(S(=O)(=O)NCCOCC2CC2)cc1CO. The van der Waals surface area contributed by atoms with Crippen molar-refractivity contribution in [3.05, 3.63) is 29.3 Å². The number of sulfonamides is 1. The first kappa shape index (κ1) is 15.4. The van der Waals surface area contributed by atoms with Gasteiger partial charge in [-0.15, -0.1) is 0 Å². The molecule has 1 aliphatic carbocycles. The highest BCUT2D eigenvalue weighted by molar-refractivity contribution is 7.89. The van der Waals surface area contributed by atoms with Crippen molar-refractivity contribution in [1.82, 2.24) is 4.72 Å². The van der Waals surface area contributed by atoms with Gasteiger partial charge in [0, 0.05) is 13.2 Å². The van der Waals surface area contributed by atoms with Crippen LogP contribution in [-0.4, -0.2) is 33.3 Å². The Balaban J connectivity index is 1.88. The molecule has 0 saturated heterocycles. The average molecular weight is 299 g/mol. The number of nitrogens with one attached hydrogen (secondary N) is 1. The summed E-state index contributed by atoms with van der Waals surface area (Å²) in [6, 6.07) is 4.74. The molecule has 1 fully saturated rings. The molecule has 0 atom stereocenters. The summed E-state index contributed by atoms with van der Waals surface area (Å²) >= 11 is 0. The van der Waals surface area contributed by atoms with Crippen LogP contribution < -0.4 is 4.72 Å². The minimum Gasteiger partial charge on any atom is -0.392 e. The number of aliphatic hydroxyl groups excluding tert-OH is 1. The van der Waals surface area contributed by atoms with Gasteiger partial charge in [-0.1, -0.05) is 6.07 Å². The summed E-state index contributed by atoms with van der Waals surface area (Å²) in [7, 11) is -3.54. The quantitative estimate of drug-likeness (QED) is 0.707. The first-order chi connectivity index (χ1) is 9.53. The van der Waals surface area contributed by atoms with Gasteiger partial charge in [0.15, 0.2) is 0 Å². The lowest BCUT2D eigenvalue weighted by Crippen LogP contribution is -2.27. The molecule has 1 saturated carbocycles. The zero-order valence-electron chi connectivity index (χ0n) is 11.6. The van der Waals surface area contributed by atoms with E-state index < -0.39 is 10.0 Å². The summed E-state index contributed by atoms with van der Waals surface area (Å²) in [5.41, 5.74) is 1.50. The number of hydrogen-bond donors (Lipinski definition) is 2. The van der Waals surface area contributed by atoms with E-state index in [1.165, 1.54) is 18.9 Å². The number of benzene rings is 1. The number of aryl methyl sites for hydroxylation is 1. The van der Waals surface area contributed by atoms with Gasteiger partial charge in [0.2, 0.25) is 10.0 Å². The molecule has 0 spiro atoms. The van der Waals surface area contributed by atoms with Crippen molar-refractivity contribution < 1.29 is 18.3 Å². The van der Waals surface area contributed by atoms with E-state index in [1.54, 1.807) is 12.1 Å². The molecule has 1 aromatic rings. The molecule has 0 amide bonds. The van der Waals surface area contributed by atoms with Crippen molar-refractivity contribution in [2.45, 2.75) is 31.3 Å². The Labute approximate surface area is 120 Å². The zero-order valence-corrected chi connectivity index (χ0v) is 12.4. The van der Waals surface area contributed by atoms with Crippen LogP contribution in [0.25, 0.3) is 0 Å². The summed E-state index contributed by atoms with van der Waals surface area (Å²) in [4.78, 5) is 0.175. The van der Waals surface area contributed by atoms with E-state index in [0.717, 1.165) is 12.2 Å². The predicted octanol–water partition coefficient (Wildman–Crippen LogP) is 1.19. The van der Waals surface area contributed by atoms with Gasteiger partial charge in [-0.05, 0) is 48.9 Å². The lowest BCUT2D eigenvalue weighted by atomic mass is 10.1. The topological polar surface area (TPSA) is 75.6 Å². The Morgan fingerprint density at radius 2 is 2.15 bits per heavy atom. The van der Waals surface area contributed by atoms with Crippen molar-refractivity contribution in [2.24, 2.45) is 5.92 Å². The van der Waals surface area contributed by atoms with Crippen LogP contribution in [0.1, 0.15) is 24.0 Å². The van der Waals surface area contributed by atoms with Crippen molar-refractivity contribution in [1.29, 1.82) is 0 Å². The van der Waals surface area contributed by atoms with Crippen LogP contribution in [0, 0.1) is 12.8 Å². The van der Waals surface area contributed by atoms with Crippen molar-refractivity contribution in [3.8, 4) is 0 Å². The molecular formula is C14H21NO4S. The Hall–Kier alpha value is -0.950. The van der Waals surface area contributed by atoms with Gasteiger partial charge in [-0.3, -0.25) is 0 Å². The molecule has 2 rings (SSSR count). The van der Waals surface area contributed by atoms with E-state index in [4.69, 9.17) is 4.74 Å². The van der Waals surface area contributed by atoms with Gasteiger partial charge in [0.1, 0.15) is 0 Å². The standard InChI is InChI=1S/C14H21NO4S/c1-11-2-5-14(8-13(11)9-16)20(17,18)15-6-7-19-10-12-3-4-12/h2,5,8,12,15-16H,3-4,6-7,9-10H2,1H3. The van der Waals surface area contributed by atoms with Gasteiger partial charge in [0.05, 0.1) is 18.1 Å². The van der Waals surface area contributed by atoms with Crippen molar-refractivity contribution in [3.63, 3.8) is 0 Å². The highest BCUT2D eigenvalue weighted by atomic mass is 32.2. The van der Waals surface area contributed by atoms with Crippen LogP contribution >= 0.6 is 0 Å². The summed E-state index contributed by atoms with van der Waals surface area (Å²) in [6.07, 6.45) is 2.44. The summed E-state index contributed by atoms with van der Waals surface area (Å²) in [5, 5.41) is 9.18. The number of ether oxygens (including phenoxy) is 1. The third-order valence-corrected chi connectivity index (χ3v) is 4.85. The molecule has 5 nitrogen and oxygen atoms in total. The molecule has 2 N–H and O–H groups in total. The molecule has 6 heteroatoms. The first-order valence-corrected chi connectivity index (χ1v) is 8.29. The van der Waals surface area contributed by atoms with Crippen LogP contribution in [0.2, 0.25) is 0 Å². The maximum absolute atomic E-state index is 12.1. The van der Waals surface area contributed by atoms with Crippen LogP contribution in [0.15, 0.2) is 23.1 Å². The molecule has 0 unspecified atom stereocenters. The van der Waals surface area contributed by atoms with E-state index in [0.29, 0.717) is 18.1 Å². The van der Waals surface area contributed by atoms with Gasteiger partial charge in [-0.2, -0.15) is 0 Å². The predicted molar refractivity (Wildman–Crippen MR) is 75.8 cm³/mol. The second kappa shape index (κ2) is 6.67. The summed E-state index contributed by atoms with van der Waals surface area (Å²) in [5.74, 6) is 0.677. The number of rotatable bonds is 8. The Morgan fingerprint density at radius 3 is 2.80 bits per heavy atom. The molecule has 0 heterocycles. The molecule has 0 aromatic heterocycles. The fraction of sp³-hybridized carbons (Fsp3) is 0.571. The van der Waals surface area contributed by atoms with Gasteiger partial charge in [-0.25, -0.2) is 13.1 Å². The zero-order chi connectivity index (χ0) is 14.6. The number of hydrogen-bond acceptors (Lipinski definition) is 4. The second-order valence-electron chi connectivity index (χ2n) is 5.16. The van der Waals surface area contributed by atoms with Crippen LogP contribution in [0.3, 0.4) is 0 Å². The molecule has 20 heavy (non-hydrogen) atoms. The lowest BCUT2D eigenvalue weighted by molar-refractivity contribution is 0.129. The highest BCUT2D eigenvalue weighted by Crippen LogP contribution is 2.28. The highest BCUT2D eigenvalue weighted by Gasteiger charge is 2.21. The fourth-order valence-electron chi connectivity index (χ4n) is 1.85. The van der Waals surface area contributed by atoms with E-state index in [-0.39, 0.29) is 18.0 Å². The lowest BCUT2D eigenvalue weighted by Gasteiger charge is -2.09. The molecule has 0 bridgehead atoms. The maximum atomic E-state index is 12.1. The van der Waals surface area contributed by atoms with Gasteiger partial charge >= 0.3 is 0 Å². The minimum absolute atomic E-state index is 0.167. The second-order valence-corrected chi connectivity index (χ2v) is 6.93. The molecule has 0 aliphatic heterocycles. The van der Waals surface area contributed by atoms with E-state index in [9.17, 15) is 13.5 Å². The monoisotopic (exact) mass is 299 g/mol.